The van der Waals surface area contributed by atoms with Crippen LogP contribution in [-0.4, -0.2) is 18.5 Å². The predicted octanol–water partition coefficient (Wildman–Crippen LogP) is 3.14. The van der Waals surface area contributed by atoms with Crippen LogP contribution in [-0.2, 0) is 0 Å². The maximum Gasteiger partial charge on any atom is 0.196 e. The number of nitrogens with zero attached hydrogens (tertiary/aromatic N) is 2. The van der Waals surface area contributed by atoms with Crippen molar-refractivity contribution < 1.29 is 0 Å². The highest BCUT2D eigenvalue weighted by Crippen LogP contribution is 2.36. The first kappa shape index (κ1) is 12.0. The predicted molar refractivity (Wildman–Crippen MR) is 78.9 cm³/mol. The van der Waals surface area contributed by atoms with E-state index in [0.29, 0.717) is 12.0 Å². The first-order valence-electron chi connectivity index (χ1n) is 6.61. The smallest absolute Gasteiger partial charge is 0.196 e. The number of rotatable bonds is 2. The number of nitrogens with two attached hydrogens (primary N) is 1. The molecular formula is C14H18BrN3. The van der Waals surface area contributed by atoms with Crippen molar-refractivity contribution in [3.63, 3.8) is 0 Å². The van der Waals surface area contributed by atoms with Crippen molar-refractivity contribution in [2.24, 2.45) is 16.6 Å². The van der Waals surface area contributed by atoms with Crippen LogP contribution in [0.15, 0.2) is 33.7 Å². The monoisotopic (exact) mass is 307 g/mol. The van der Waals surface area contributed by atoms with Crippen LogP contribution < -0.4 is 10.6 Å². The minimum Gasteiger partial charge on any atom is -0.370 e. The van der Waals surface area contributed by atoms with Gasteiger partial charge in [-0.05, 0) is 46.8 Å². The summed E-state index contributed by atoms with van der Waals surface area (Å²) in [4.78, 5) is 6.68. The number of guanidine groups is 1. The van der Waals surface area contributed by atoms with Gasteiger partial charge < -0.3 is 10.6 Å². The number of aliphatic imine (C=N–C) groups is 1. The Labute approximate surface area is 116 Å². The van der Waals surface area contributed by atoms with Gasteiger partial charge in [-0.3, -0.25) is 4.99 Å². The van der Waals surface area contributed by atoms with E-state index in [1.165, 1.54) is 25.7 Å². The molecular weight excluding hydrogens is 290 g/mol. The molecule has 0 aromatic heterocycles. The lowest BCUT2D eigenvalue weighted by atomic mass is 9.97. The molecule has 0 saturated heterocycles. The second-order valence-corrected chi connectivity index (χ2v) is 5.99. The standard InChI is InChI=1S/C14H18BrN3/c15-11-7-3-4-8-12(11)18-13(9-17-14(18)16)10-5-1-2-6-10/h3-4,7-8,10,13H,1-2,5-6,9H2,(H2,16,17). The molecule has 4 heteroatoms. The number of benzene rings is 1. The van der Waals surface area contributed by atoms with Gasteiger partial charge in [0, 0.05) is 4.47 Å². The second kappa shape index (κ2) is 4.92. The van der Waals surface area contributed by atoms with E-state index in [-0.39, 0.29) is 0 Å². The molecule has 0 spiro atoms. The van der Waals surface area contributed by atoms with Crippen molar-refractivity contribution in [3.05, 3.63) is 28.7 Å². The molecule has 1 aliphatic carbocycles. The fourth-order valence-electron chi connectivity index (χ4n) is 3.17. The van der Waals surface area contributed by atoms with Gasteiger partial charge in [0.2, 0.25) is 0 Å². The van der Waals surface area contributed by atoms with Gasteiger partial charge in [0.25, 0.3) is 0 Å². The lowest BCUT2D eigenvalue weighted by molar-refractivity contribution is 0.450. The topological polar surface area (TPSA) is 41.6 Å². The van der Waals surface area contributed by atoms with Crippen molar-refractivity contribution in [1.82, 2.24) is 0 Å². The fourth-order valence-corrected chi connectivity index (χ4v) is 3.64. The summed E-state index contributed by atoms with van der Waals surface area (Å²) in [6.07, 6.45) is 5.33. The molecule has 0 amide bonds. The molecule has 18 heavy (non-hydrogen) atoms. The summed E-state index contributed by atoms with van der Waals surface area (Å²) in [5, 5.41) is 0. The average Bonchev–Trinajstić information content (AvgIpc) is 2.99. The molecule has 2 aliphatic rings. The van der Waals surface area contributed by atoms with E-state index >= 15 is 0 Å². The highest BCUT2D eigenvalue weighted by molar-refractivity contribution is 9.10. The van der Waals surface area contributed by atoms with Gasteiger partial charge >= 0.3 is 0 Å². The van der Waals surface area contributed by atoms with Crippen molar-refractivity contribution >= 4 is 27.6 Å². The van der Waals surface area contributed by atoms with E-state index in [9.17, 15) is 0 Å². The number of hydrogen-bond donors (Lipinski definition) is 1. The quantitative estimate of drug-likeness (QED) is 0.912. The molecule has 1 fully saturated rings. The number of halogens is 1. The van der Waals surface area contributed by atoms with Crippen molar-refractivity contribution in [3.8, 4) is 0 Å². The Bertz CT molecular complexity index is 466. The summed E-state index contributed by atoms with van der Waals surface area (Å²) in [5.74, 6) is 1.40. The largest absolute Gasteiger partial charge is 0.370 e. The van der Waals surface area contributed by atoms with Crippen LogP contribution in [0.1, 0.15) is 25.7 Å². The molecule has 2 N–H and O–H groups in total. The van der Waals surface area contributed by atoms with Crippen LogP contribution in [0, 0.1) is 5.92 Å². The molecule has 1 atom stereocenters. The molecule has 1 aromatic carbocycles. The molecule has 96 valence electrons. The molecule has 0 bridgehead atoms. The van der Waals surface area contributed by atoms with Crippen LogP contribution in [0.25, 0.3) is 0 Å². The highest BCUT2D eigenvalue weighted by Gasteiger charge is 2.35. The van der Waals surface area contributed by atoms with Crippen molar-refractivity contribution in [1.29, 1.82) is 0 Å². The van der Waals surface area contributed by atoms with Gasteiger partial charge in [0.05, 0.1) is 18.3 Å². The molecule has 1 saturated carbocycles. The molecule has 1 aliphatic heterocycles. The minimum atomic E-state index is 0.450. The van der Waals surface area contributed by atoms with E-state index in [1.807, 2.05) is 6.07 Å². The summed E-state index contributed by atoms with van der Waals surface area (Å²) in [6.45, 7) is 0.845. The van der Waals surface area contributed by atoms with Gasteiger partial charge in [0.15, 0.2) is 5.96 Å². The SMILES string of the molecule is NC1=NCC(C2CCCC2)N1c1ccccc1Br. The zero-order valence-corrected chi connectivity index (χ0v) is 11.9. The van der Waals surface area contributed by atoms with Gasteiger partial charge in [-0.15, -0.1) is 0 Å². The Balaban J connectivity index is 1.92. The third-order valence-corrected chi connectivity index (χ3v) is 4.75. The molecule has 1 heterocycles. The summed E-state index contributed by atoms with van der Waals surface area (Å²) in [7, 11) is 0. The number of anilines is 1. The van der Waals surface area contributed by atoms with E-state index in [4.69, 9.17) is 5.73 Å². The highest BCUT2D eigenvalue weighted by atomic mass is 79.9. The normalized spacial score (nSPS) is 24.6. The first-order chi connectivity index (χ1) is 8.77. The fraction of sp³-hybridized carbons (Fsp3) is 0.500. The van der Waals surface area contributed by atoms with Crippen molar-refractivity contribution in [2.75, 3.05) is 11.4 Å². The summed E-state index contributed by atoms with van der Waals surface area (Å²) in [5.41, 5.74) is 7.24. The van der Waals surface area contributed by atoms with Gasteiger partial charge in [0.1, 0.15) is 0 Å². The Kier molecular flexibility index (Phi) is 3.29. The van der Waals surface area contributed by atoms with Gasteiger partial charge in [-0.25, -0.2) is 0 Å². The van der Waals surface area contributed by atoms with E-state index in [1.54, 1.807) is 0 Å². The lowest BCUT2D eigenvalue weighted by Gasteiger charge is -2.31. The lowest BCUT2D eigenvalue weighted by Crippen LogP contribution is -2.44. The maximum atomic E-state index is 6.09. The van der Waals surface area contributed by atoms with E-state index in [2.05, 4.69) is 44.0 Å². The zero-order chi connectivity index (χ0) is 12.5. The maximum absolute atomic E-state index is 6.09. The Morgan fingerprint density at radius 1 is 1.22 bits per heavy atom. The van der Waals surface area contributed by atoms with Gasteiger partial charge in [-0.1, -0.05) is 25.0 Å². The second-order valence-electron chi connectivity index (χ2n) is 5.13. The Morgan fingerprint density at radius 2 is 1.94 bits per heavy atom. The number of para-hydroxylation sites is 1. The van der Waals surface area contributed by atoms with Gasteiger partial charge in [-0.2, -0.15) is 0 Å². The summed E-state index contributed by atoms with van der Waals surface area (Å²) >= 11 is 3.62. The third kappa shape index (κ3) is 2.03. The van der Waals surface area contributed by atoms with E-state index < -0.39 is 0 Å². The molecule has 1 aromatic rings. The number of hydrogen-bond acceptors (Lipinski definition) is 3. The Morgan fingerprint density at radius 3 is 2.67 bits per heavy atom. The summed E-state index contributed by atoms with van der Waals surface area (Å²) in [6, 6.07) is 8.71. The van der Waals surface area contributed by atoms with Crippen LogP contribution >= 0.6 is 15.9 Å². The summed E-state index contributed by atoms with van der Waals surface area (Å²) < 4.78 is 1.09. The first-order valence-corrected chi connectivity index (χ1v) is 7.40. The van der Waals surface area contributed by atoms with Crippen LogP contribution in [0.4, 0.5) is 5.69 Å². The zero-order valence-electron chi connectivity index (χ0n) is 10.3. The van der Waals surface area contributed by atoms with Crippen LogP contribution in [0.3, 0.4) is 0 Å². The molecule has 1 unspecified atom stereocenters. The molecule has 3 rings (SSSR count). The Hall–Kier alpha value is -1.03. The van der Waals surface area contributed by atoms with E-state index in [0.717, 1.165) is 22.6 Å². The average molecular weight is 308 g/mol. The minimum absolute atomic E-state index is 0.450. The third-order valence-electron chi connectivity index (χ3n) is 4.07. The van der Waals surface area contributed by atoms with Crippen molar-refractivity contribution in [2.45, 2.75) is 31.7 Å². The van der Waals surface area contributed by atoms with Crippen LogP contribution in [0.2, 0.25) is 0 Å². The molecule has 0 radical (unpaired) electrons. The van der Waals surface area contributed by atoms with Crippen LogP contribution in [0.5, 0.6) is 0 Å². The molecule has 3 nitrogen and oxygen atoms in total.